The number of hydrogen-bond acceptors (Lipinski definition) is 2. The maximum Gasteiger partial charge on any atom is 0.253 e. The number of carbonyl (C=O) groups excluding carboxylic acids is 1. The van der Waals surface area contributed by atoms with E-state index < -0.39 is 0 Å². The van der Waals surface area contributed by atoms with Crippen molar-refractivity contribution >= 4 is 5.91 Å². The molecule has 0 bridgehead atoms. The van der Waals surface area contributed by atoms with Crippen molar-refractivity contribution in [2.45, 2.75) is 58.3 Å². The van der Waals surface area contributed by atoms with Gasteiger partial charge in [0.25, 0.3) is 5.91 Å². The van der Waals surface area contributed by atoms with Gasteiger partial charge in [0.15, 0.2) is 0 Å². The van der Waals surface area contributed by atoms with Crippen molar-refractivity contribution in [3.8, 4) is 6.07 Å². The SMILES string of the molecule is CCCC1CCC2(CC1)CCN(C(=O)c1ccc(C#N)cc1)CC2. The summed E-state index contributed by atoms with van der Waals surface area (Å²) >= 11 is 0. The van der Waals surface area contributed by atoms with Gasteiger partial charge in [-0.05, 0) is 74.1 Å². The second-order valence-corrected chi connectivity index (χ2v) is 7.71. The zero-order valence-corrected chi connectivity index (χ0v) is 14.8. The molecule has 128 valence electrons. The van der Waals surface area contributed by atoms with Crippen LogP contribution in [0.1, 0.15) is 74.2 Å². The van der Waals surface area contributed by atoms with Crippen LogP contribution in [-0.4, -0.2) is 23.9 Å². The van der Waals surface area contributed by atoms with Crippen molar-refractivity contribution in [2.75, 3.05) is 13.1 Å². The minimum atomic E-state index is 0.119. The molecule has 24 heavy (non-hydrogen) atoms. The Morgan fingerprint density at radius 2 is 1.79 bits per heavy atom. The zero-order valence-electron chi connectivity index (χ0n) is 14.8. The largest absolute Gasteiger partial charge is 0.339 e. The van der Waals surface area contributed by atoms with E-state index in [-0.39, 0.29) is 5.91 Å². The summed E-state index contributed by atoms with van der Waals surface area (Å²) in [5.74, 6) is 1.06. The van der Waals surface area contributed by atoms with Gasteiger partial charge in [-0.25, -0.2) is 0 Å². The van der Waals surface area contributed by atoms with E-state index in [9.17, 15) is 4.79 Å². The molecule has 1 heterocycles. The van der Waals surface area contributed by atoms with Crippen LogP contribution in [0.15, 0.2) is 24.3 Å². The average molecular weight is 324 g/mol. The summed E-state index contributed by atoms with van der Waals surface area (Å²) in [7, 11) is 0. The van der Waals surface area contributed by atoms with Gasteiger partial charge in [0.2, 0.25) is 0 Å². The topological polar surface area (TPSA) is 44.1 Å². The van der Waals surface area contributed by atoms with Crippen LogP contribution in [-0.2, 0) is 0 Å². The van der Waals surface area contributed by atoms with E-state index in [1.165, 1.54) is 38.5 Å². The molecule has 1 aromatic carbocycles. The molecule has 0 N–H and O–H groups in total. The number of likely N-dealkylation sites (tertiary alicyclic amines) is 1. The molecule has 1 amide bonds. The lowest BCUT2D eigenvalue weighted by Gasteiger charge is -2.46. The second kappa shape index (κ2) is 7.38. The fourth-order valence-corrected chi connectivity index (χ4v) is 4.54. The lowest BCUT2D eigenvalue weighted by molar-refractivity contribution is 0.0394. The van der Waals surface area contributed by atoms with Gasteiger partial charge in [-0.1, -0.05) is 19.8 Å². The highest BCUT2D eigenvalue weighted by Gasteiger charge is 2.38. The predicted molar refractivity (Wildman–Crippen MR) is 95.6 cm³/mol. The van der Waals surface area contributed by atoms with E-state index >= 15 is 0 Å². The highest BCUT2D eigenvalue weighted by atomic mass is 16.2. The summed E-state index contributed by atoms with van der Waals surface area (Å²) in [6.45, 7) is 4.06. The molecule has 1 aliphatic carbocycles. The number of carbonyl (C=O) groups is 1. The molecule has 3 rings (SSSR count). The number of amides is 1. The van der Waals surface area contributed by atoms with Crippen LogP contribution in [0.5, 0.6) is 0 Å². The Morgan fingerprint density at radius 1 is 1.17 bits per heavy atom. The second-order valence-electron chi connectivity index (χ2n) is 7.71. The summed E-state index contributed by atoms with van der Waals surface area (Å²) in [4.78, 5) is 14.7. The van der Waals surface area contributed by atoms with E-state index in [0.717, 1.165) is 31.8 Å². The van der Waals surface area contributed by atoms with Crippen LogP contribution in [0.4, 0.5) is 0 Å². The molecule has 0 aromatic heterocycles. The number of piperidine rings is 1. The lowest BCUT2D eigenvalue weighted by atomic mass is 9.65. The van der Waals surface area contributed by atoms with Crippen LogP contribution in [0.3, 0.4) is 0 Å². The summed E-state index contributed by atoms with van der Waals surface area (Å²) in [5.41, 5.74) is 1.82. The molecule has 3 heteroatoms. The first-order valence-corrected chi connectivity index (χ1v) is 9.45. The molecule has 0 radical (unpaired) electrons. The molecule has 2 aliphatic rings. The van der Waals surface area contributed by atoms with E-state index in [2.05, 4.69) is 13.0 Å². The number of nitriles is 1. The van der Waals surface area contributed by atoms with Crippen molar-refractivity contribution in [2.24, 2.45) is 11.3 Å². The first kappa shape index (κ1) is 17.0. The molecule has 0 atom stereocenters. The highest BCUT2D eigenvalue weighted by molar-refractivity contribution is 5.94. The summed E-state index contributed by atoms with van der Waals surface area (Å²) in [6, 6.07) is 9.12. The summed E-state index contributed by atoms with van der Waals surface area (Å²) in [6.07, 6.45) is 10.5. The summed E-state index contributed by atoms with van der Waals surface area (Å²) < 4.78 is 0. The maximum absolute atomic E-state index is 12.7. The van der Waals surface area contributed by atoms with Gasteiger partial charge in [-0.3, -0.25) is 4.79 Å². The molecule has 1 saturated heterocycles. The fourth-order valence-electron chi connectivity index (χ4n) is 4.54. The van der Waals surface area contributed by atoms with Gasteiger partial charge in [0.05, 0.1) is 11.6 Å². The quantitative estimate of drug-likeness (QED) is 0.803. The van der Waals surface area contributed by atoms with Gasteiger partial charge in [0, 0.05) is 18.7 Å². The van der Waals surface area contributed by atoms with Crippen molar-refractivity contribution in [1.82, 2.24) is 4.90 Å². The van der Waals surface area contributed by atoms with Crippen molar-refractivity contribution < 1.29 is 4.79 Å². The molecular weight excluding hydrogens is 296 g/mol. The molecule has 1 aliphatic heterocycles. The minimum absolute atomic E-state index is 0.119. The van der Waals surface area contributed by atoms with Crippen LogP contribution in [0, 0.1) is 22.7 Å². The molecule has 2 fully saturated rings. The molecule has 1 spiro atoms. The number of benzene rings is 1. The molecule has 1 saturated carbocycles. The van der Waals surface area contributed by atoms with Gasteiger partial charge in [0.1, 0.15) is 0 Å². The standard InChI is InChI=1S/C21H28N2O/c1-2-3-17-8-10-21(11-9-17)12-14-23(15-13-21)20(24)19-6-4-18(16-22)5-7-19/h4-7,17H,2-3,8-15H2,1H3. The fraction of sp³-hybridized carbons (Fsp3) is 0.619. The monoisotopic (exact) mass is 324 g/mol. The smallest absolute Gasteiger partial charge is 0.253 e. The Labute approximate surface area is 145 Å². The van der Waals surface area contributed by atoms with E-state index in [1.807, 2.05) is 4.90 Å². The Hall–Kier alpha value is -1.82. The van der Waals surface area contributed by atoms with Gasteiger partial charge in [-0.2, -0.15) is 5.26 Å². The van der Waals surface area contributed by atoms with Gasteiger partial charge < -0.3 is 4.90 Å². The van der Waals surface area contributed by atoms with Crippen molar-refractivity contribution in [3.63, 3.8) is 0 Å². The molecule has 0 unspecified atom stereocenters. The molecule has 1 aromatic rings. The van der Waals surface area contributed by atoms with E-state index in [1.54, 1.807) is 24.3 Å². The lowest BCUT2D eigenvalue weighted by Crippen LogP contribution is -2.44. The van der Waals surface area contributed by atoms with Crippen LogP contribution in [0.25, 0.3) is 0 Å². The predicted octanol–water partition coefficient (Wildman–Crippen LogP) is 4.77. The Bertz CT molecular complexity index is 596. The Morgan fingerprint density at radius 3 is 2.33 bits per heavy atom. The van der Waals surface area contributed by atoms with E-state index in [4.69, 9.17) is 5.26 Å². The first-order chi connectivity index (χ1) is 11.7. The van der Waals surface area contributed by atoms with Gasteiger partial charge >= 0.3 is 0 Å². The number of rotatable bonds is 3. The maximum atomic E-state index is 12.7. The first-order valence-electron chi connectivity index (χ1n) is 9.45. The third-order valence-electron chi connectivity index (χ3n) is 6.24. The normalized spacial score (nSPS) is 20.8. The zero-order chi connectivity index (χ0) is 17.0. The van der Waals surface area contributed by atoms with Gasteiger partial charge in [-0.15, -0.1) is 0 Å². The average Bonchev–Trinajstić information content (AvgIpc) is 2.64. The number of nitrogens with zero attached hydrogens (tertiary/aromatic N) is 2. The minimum Gasteiger partial charge on any atom is -0.339 e. The molecular formula is C21H28N2O. The summed E-state index contributed by atoms with van der Waals surface area (Å²) in [5, 5.41) is 8.86. The van der Waals surface area contributed by atoms with Crippen LogP contribution in [0.2, 0.25) is 0 Å². The van der Waals surface area contributed by atoms with Crippen LogP contribution >= 0.6 is 0 Å². The van der Waals surface area contributed by atoms with Crippen LogP contribution < -0.4 is 0 Å². The Balaban J connectivity index is 1.55. The van der Waals surface area contributed by atoms with E-state index in [0.29, 0.717) is 16.5 Å². The third kappa shape index (κ3) is 3.64. The third-order valence-corrected chi connectivity index (χ3v) is 6.24. The van der Waals surface area contributed by atoms with Crippen molar-refractivity contribution in [3.05, 3.63) is 35.4 Å². The molecule has 3 nitrogen and oxygen atoms in total. The highest BCUT2D eigenvalue weighted by Crippen LogP contribution is 2.47. The van der Waals surface area contributed by atoms with Crippen molar-refractivity contribution in [1.29, 1.82) is 5.26 Å². The Kier molecular flexibility index (Phi) is 5.23. The number of hydrogen-bond donors (Lipinski definition) is 0.